The summed E-state index contributed by atoms with van der Waals surface area (Å²) in [4.78, 5) is 11.1. The number of aromatic nitrogens is 2. The van der Waals surface area contributed by atoms with Gasteiger partial charge in [-0.25, -0.2) is 9.97 Å². The molecule has 0 aliphatic carbocycles. The Morgan fingerprint density at radius 3 is 2.80 bits per heavy atom. The predicted molar refractivity (Wildman–Crippen MR) is 104 cm³/mol. The van der Waals surface area contributed by atoms with Crippen molar-refractivity contribution in [2.45, 2.75) is 6.54 Å². The Hall–Kier alpha value is -2.18. The molecule has 0 spiro atoms. The van der Waals surface area contributed by atoms with E-state index < -0.39 is 0 Å². The van der Waals surface area contributed by atoms with E-state index in [0.29, 0.717) is 6.54 Å². The SMILES string of the molecule is Brc1ccc(CNc2ncnc3ccccc23)c(N2CCOCC2)c1. The van der Waals surface area contributed by atoms with Crippen LogP contribution in [0.2, 0.25) is 0 Å². The molecule has 1 fully saturated rings. The van der Waals surface area contributed by atoms with Crippen molar-refractivity contribution in [3.05, 3.63) is 58.8 Å². The van der Waals surface area contributed by atoms with Gasteiger partial charge in [0.1, 0.15) is 12.1 Å². The third-order valence-electron chi connectivity index (χ3n) is 4.39. The monoisotopic (exact) mass is 398 g/mol. The largest absolute Gasteiger partial charge is 0.378 e. The van der Waals surface area contributed by atoms with Crippen molar-refractivity contribution in [2.24, 2.45) is 0 Å². The first kappa shape index (κ1) is 16.3. The number of hydrogen-bond donors (Lipinski definition) is 1. The van der Waals surface area contributed by atoms with Gasteiger partial charge >= 0.3 is 0 Å². The molecule has 128 valence electrons. The molecule has 0 saturated carbocycles. The van der Waals surface area contributed by atoms with Crippen molar-refractivity contribution >= 4 is 38.3 Å². The maximum atomic E-state index is 5.48. The summed E-state index contributed by atoms with van der Waals surface area (Å²) in [6.45, 7) is 4.09. The molecule has 3 aromatic rings. The Bertz CT molecular complexity index is 875. The third kappa shape index (κ3) is 3.60. The quantitative estimate of drug-likeness (QED) is 0.723. The van der Waals surface area contributed by atoms with Crippen LogP contribution in [-0.2, 0) is 11.3 Å². The summed E-state index contributed by atoms with van der Waals surface area (Å²) >= 11 is 3.59. The molecule has 6 heteroatoms. The second-order valence-corrected chi connectivity index (χ2v) is 6.88. The lowest BCUT2D eigenvalue weighted by Gasteiger charge is -2.31. The summed E-state index contributed by atoms with van der Waals surface area (Å²) in [7, 11) is 0. The van der Waals surface area contributed by atoms with E-state index in [0.717, 1.165) is 47.5 Å². The average molecular weight is 399 g/mol. The Balaban J connectivity index is 1.60. The van der Waals surface area contributed by atoms with Crippen LogP contribution in [0.1, 0.15) is 5.56 Å². The van der Waals surface area contributed by atoms with Crippen molar-refractivity contribution in [2.75, 3.05) is 36.5 Å². The number of nitrogens with one attached hydrogen (secondary N) is 1. The molecule has 0 unspecified atom stereocenters. The van der Waals surface area contributed by atoms with Gasteiger partial charge in [-0.3, -0.25) is 0 Å². The normalized spacial score (nSPS) is 14.7. The number of rotatable bonds is 4. The Morgan fingerprint density at radius 2 is 1.92 bits per heavy atom. The summed E-state index contributed by atoms with van der Waals surface area (Å²) in [6.07, 6.45) is 1.61. The van der Waals surface area contributed by atoms with Crippen LogP contribution in [0.5, 0.6) is 0 Å². The minimum Gasteiger partial charge on any atom is -0.378 e. The second kappa shape index (κ2) is 7.37. The van der Waals surface area contributed by atoms with E-state index in [1.54, 1.807) is 6.33 Å². The molecule has 1 N–H and O–H groups in total. The average Bonchev–Trinajstić information content (AvgIpc) is 2.67. The molecule has 2 aromatic carbocycles. The fourth-order valence-electron chi connectivity index (χ4n) is 3.11. The highest BCUT2D eigenvalue weighted by Crippen LogP contribution is 2.27. The highest BCUT2D eigenvalue weighted by Gasteiger charge is 2.15. The Morgan fingerprint density at radius 1 is 1.08 bits per heavy atom. The fraction of sp³-hybridized carbons (Fsp3) is 0.263. The van der Waals surface area contributed by atoms with E-state index in [-0.39, 0.29) is 0 Å². The van der Waals surface area contributed by atoms with Crippen molar-refractivity contribution in [1.82, 2.24) is 9.97 Å². The van der Waals surface area contributed by atoms with E-state index in [9.17, 15) is 0 Å². The molecule has 1 aliphatic rings. The van der Waals surface area contributed by atoms with Gasteiger partial charge < -0.3 is 15.0 Å². The molecule has 1 aromatic heterocycles. The standard InChI is InChI=1S/C19H19BrN4O/c20-15-6-5-14(18(11-15)24-7-9-25-10-8-24)12-21-19-16-3-1-2-4-17(16)22-13-23-19/h1-6,11,13H,7-10,12H2,(H,21,22,23). The fourth-order valence-corrected chi connectivity index (χ4v) is 3.46. The van der Waals surface area contributed by atoms with E-state index in [2.05, 4.69) is 54.3 Å². The number of benzene rings is 2. The summed E-state index contributed by atoms with van der Waals surface area (Å²) in [5.41, 5.74) is 3.43. The van der Waals surface area contributed by atoms with E-state index in [1.165, 1.54) is 11.3 Å². The third-order valence-corrected chi connectivity index (χ3v) is 4.88. The number of halogens is 1. The number of ether oxygens (including phenoxy) is 1. The first-order chi connectivity index (χ1) is 12.3. The van der Waals surface area contributed by atoms with E-state index in [4.69, 9.17) is 4.74 Å². The lowest BCUT2D eigenvalue weighted by molar-refractivity contribution is 0.122. The molecule has 0 amide bonds. The Kier molecular flexibility index (Phi) is 4.81. The predicted octanol–water partition coefficient (Wildman–Crippen LogP) is 3.84. The van der Waals surface area contributed by atoms with Crippen molar-refractivity contribution < 1.29 is 4.74 Å². The highest BCUT2D eigenvalue weighted by molar-refractivity contribution is 9.10. The van der Waals surface area contributed by atoms with Crippen LogP contribution < -0.4 is 10.2 Å². The van der Waals surface area contributed by atoms with Crippen molar-refractivity contribution in [3.8, 4) is 0 Å². The molecular weight excluding hydrogens is 380 g/mol. The second-order valence-electron chi connectivity index (χ2n) is 5.97. The van der Waals surface area contributed by atoms with E-state index >= 15 is 0 Å². The maximum absolute atomic E-state index is 5.48. The molecule has 2 heterocycles. The van der Waals surface area contributed by atoms with Gasteiger partial charge in [0.15, 0.2) is 0 Å². The minimum absolute atomic E-state index is 0.709. The van der Waals surface area contributed by atoms with Gasteiger partial charge in [0, 0.05) is 35.2 Å². The zero-order valence-corrected chi connectivity index (χ0v) is 15.4. The molecule has 0 radical (unpaired) electrons. The smallest absolute Gasteiger partial charge is 0.137 e. The van der Waals surface area contributed by atoms with Crippen LogP contribution in [0.4, 0.5) is 11.5 Å². The van der Waals surface area contributed by atoms with Crippen molar-refractivity contribution in [3.63, 3.8) is 0 Å². The van der Waals surface area contributed by atoms with Gasteiger partial charge in [-0.15, -0.1) is 0 Å². The van der Waals surface area contributed by atoms with Crippen molar-refractivity contribution in [1.29, 1.82) is 0 Å². The molecule has 0 atom stereocenters. The molecule has 4 rings (SSSR count). The van der Waals surface area contributed by atoms with Crippen LogP contribution in [0.3, 0.4) is 0 Å². The zero-order chi connectivity index (χ0) is 17.1. The van der Waals surface area contributed by atoms with Gasteiger partial charge in [-0.1, -0.05) is 34.1 Å². The number of fused-ring (bicyclic) bond motifs is 1. The van der Waals surface area contributed by atoms with Gasteiger partial charge in [-0.2, -0.15) is 0 Å². The van der Waals surface area contributed by atoms with E-state index in [1.807, 2.05) is 24.3 Å². The van der Waals surface area contributed by atoms with Gasteiger partial charge in [0.05, 0.1) is 18.7 Å². The first-order valence-corrected chi connectivity index (χ1v) is 9.15. The number of nitrogens with zero attached hydrogens (tertiary/aromatic N) is 3. The van der Waals surface area contributed by atoms with Crippen LogP contribution in [-0.4, -0.2) is 36.3 Å². The summed E-state index contributed by atoms with van der Waals surface area (Å²) in [6, 6.07) is 14.5. The van der Waals surface area contributed by atoms with Gasteiger partial charge in [-0.05, 0) is 29.8 Å². The number of para-hydroxylation sites is 1. The topological polar surface area (TPSA) is 50.3 Å². The van der Waals surface area contributed by atoms with Crippen LogP contribution in [0.25, 0.3) is 10.9 Å². The van der Waals surface area contributed by atoms with Crippen LogP contribution in [0, 0.1) is 0 Å². The lowest BCUT2D eigenvalue weighted by atomic mass is 10.1. The molecule has 25 heavy (non-hydrogen) atoms. The first-order valence-electron chi connectivity index (χ1n) is 8.36. The summed E-state index contributed by atoms with van der Waals surface area (Å²) in [5.74, 6) is 0.862. The van der Waals surface area contributed by atoms with Crippen LogP contribution >= 0.6 is 15.9 Å². The number of hydrogen-bond acceptors (Lipinski definition) is 5. The zero-order valence-electron chi connectivity index (χ0n) is 13.8. The van der Waals surface area contributed by atoms with Gasteiger partial charge in [0.25, 0.3) is 0 Å². The molecule has 5 nitrogen and oxygen atoms in total. The maximum Gasteiger partial charge on any atom is 0.137 e. The minimum atomic E-state index is 0.709. The highest BCUT2D eigenvalue weighted by atomic mass is 79.9. The lowest BCUT2D eigenvalue weighted by Crippen LogP contribution is -2.36. The number of morpholine rings is 1. The molecular formula is C19H19BrN4O. The molecule has 1 saturated heterocycles. The Labute approximate surface area is 155 Å². The van der Waals surface area contributed by atoms with Crippen LogP contribution in [0.15, 0.2) is 53.3 Å². The molecule has 0 bridgehead atoms. The number of anilines is 2. The summed E-state index contributed by atoms with van der Waals surface area (Å²) < 4.78 is 6.57. The molecule has 1 aliphatic heterocycles. The van der Waals surface area contributed by atoms with Gasteiger partial charge in [0.2, 0.25) is 0 Å². The summed E-state index contributed by atoms with van der Waals surface area (Å²) in [5, 5.41) is 4.52.